The Balaban J connectivity index is 1.49. The summed E-state index contributed by atoms with van der Waals surface area (Å²) in [4.78, 5) is 21.6. The first-order chi connectivity index (χ1) is 13.3. The van der Waals surface area contributed by atoms with Gasteiger partial charge in [-0.15, -0.1) is 0 Å². The molecule has 2 aromatic heterocycles. The van der Waals surface area contributed by atoms with Gasteiger partial charge in [-0.1, -0.05) is 29.8 Å². The molecule has 0 aliphatic carbocycles. The number of likely N-dealkylation sites (tertiary alicyclic amines) is 1. The van der Waals surface area contributed by atoms with Crippen LogP contribution < -0.4 is 0 Å². The molecule has 3 heterocycles. The monoisotopic (exact) mass is 407 g/mol. The van der Waals surface area contributed by atoms with Gasteiger partial charge < -0.3 is 9.88 Å². The summed E-state index contributed by atoms with van der Waals surface area (Å²) in [5, 5.41) is 0.470. The SMILES string of the molecule is O=C(c1cc2ncc(Cl)cc2[nH]1)N1CCC(c2ccccc2C(F)(F)F)CC1. The van der Waals surface area contributed by atoms with E-state index in [2.05, 4.69) is 9.97 Å². The zero-order valence-electron chi connectivity index (χ0n) is 14.8. The quantitative estimate of drug-likeness (QED) is 0.630. The first kappa shape index (κ1) is 18.8. The summed E-state index contributed by atoms with van der Waals surface area (Å²) in [5.41, 5.74) is 1.44. The van der Waals surface area contributed by atoms with Crippen molar-refractivity contribution < 1.29 is 18.0 Å². The molecule has 3 aromatic rings. The highest BCUT2D eigenvalue weighted by Gasteiger charge is 2.36. The lowest BCUT2D eigenvalue weighted by atomic mass is 9.86. The fourth-order valence-electron chi connectivity index (χ4n) is 3.77. The van der Waals surface area contributed by atoms with Gasteiger partial charge in [0.2, 0.25) is 0 Å². The van der Waals surface area contributed by atoms with Crippen molar-refractivity contribution in [1.82, 2.24) is 14.9 Å². The molecular weight excluding hydrogens is 391 g/mol. The van der Waals surface area contributed by atoms with E-state index in [4.69, 9.17) is 11.6 Å². The van der Waals surface area contributed by atoms with Crippen LogP contribution in [-0.4, -0.2) is 33.9 Å². The molecule has 8 heteroatoms. The second-order valence-electron chi connectivity index (χ2n) is 6.92. The number of benzene rings is 1. The van der Waals surface area contributed by atoms with Crippen LogP contribution in [0.25, 0.3) is 11.0 Å². The Hall–Kier alpha value is -2.54. The largest absolute Gasteiger partial charge is 0.416 e. The standard InChI is InChI=1S/C20H17ClF3N3O/c21-13-9-17-16(25-11-13)10-18(26-17)19(28)27-7-5-12(6-8-27)14-3-1-2-4-15(14)20(22,23)24/h1-4,9-12,26H,5-8H2. The summed E-state index contributed by atoms with van der Waals surface area (Å²) >= 11 is 5.92. The third-order valence-electron chi connectivity index (χ3n) is 5.15. The summed E-state index contributed by atoms with van der Waals surface area (Å²) in [5.74, 6) is -0.401. The lowest BCUT2D eigenvalue weighted by Crippen LogP contribution is -2.38. The number of carbonyl (C=O) groups excluding carboxylic acids is 1. The number of pyridine rings is 1. The van der Waals surface area contributed by atoms with Crippen LogP contribution in [0.5, 0.6) is 0 Å². The maximum absolute atomic E-state index is 13.3. The van der Waals surface area contributed by atoms with Crippen LogP contribution in [0, 0.1) is 0 Å². The van der Waals surface area contributed by atoms with Crippen LogP contribution in [0.3, 0.4) is 0 Å². The number of aromatic nitrogens is 2. The van der Waals surface area contributed by atoms with Gasteiger partial charge in [-0.05, 0) is 42.5 Å². The van der Waals surface area contributed by atoms with E-state index < -0.39 is 11.7 Å². The van der Waals surface area contributed by atoms with Gasteiger partial charge in [-0.3, -0.25) is 9.78 Å². The second kappa shape index (κ2) is 7.13. The number of amides is 1. The van der Waals surface area contributed by atoms with Gasteiger partial charge in [0.1, 0.15) is 5.69 Å². The van der Waals surface area contributed by atoms with Crippen molar-refractivity contribution in [3.8, 4) is 0 Å². The molecule has 1 N–H and O–H groups in total. The summed E-state index contributed by atoms with van der Waals surface area (Å²) in [6.07, 6.45) is -1.88. The number of halogens is 4. The molecule has 1 saturated heterocycles. The van der Waals surface area contributed by atoms with E-state index >= 15 is 0 Å². The van der Waals surface area contributed by atoms with Crippen molar-refractivity contribution in [3.05, 3.63) is 64.4 Å². The molecule has 146 valence electrons. The van der Waals surface area contributed by atoms with Crippen LogP contribution in [0.15, 0.2) is 42.6 Å². The van der Waals surface area contributed by atoms with Crippen molar-refractivity contribution in [1.29, 1.82) is 0 Å². The Morgan fingerprint density at radius 3 is 2.61 bits per heavy atom. The summed E-state index contributed by atoms with van der Waals surface area (Å²) in [6.45, 7) is 0.804. The van der Waals surface area contributed by atoms with Gasteiger partial charge in [0, 0.05) is 19.3 Å². The number of nitrogens with one attached hydrogen (secondary N) is 1. The molecule has 0 unspecified atom stereocenters. The molecule has 28 heavy (non-hydrogen) atoms. The summed E-state index contributed by atoms with van der Waals surface area (Å²) in [7, 11) is 0. The average molecular weight is 408 g/mol. The van der Waals surface area contributed by atoms with Gasteiger partial charge in [0.05, 0.1) is 21.6 Å². The van der Waals surface area contributed by atoms with Crippen LogP contribution in [0.2, 0.25) is 5.02 Å². The van der Waals surface area contributed by atoms with E-state index in [1.807, 2.05) is 0 Å². The molecule has 1 aliphatic rings. The normalized spacial score (nSPS) is 15.9. The number of piperidine rings is 1. The average Bonchev–Trinajstić information content (AvgIpc) is 3.10. The fourth-order valence-corrected chi connectivity index (χ4v) is 3.93. The Bertz CT molecular complexity index is 1020. The van der Waals surface area contributed by atoms with Crippen LogP contribution in [-0.2, 0) is 6.18 Å². The summed E-state index contributed by atoms with van der Waals surface area (Å²) < 4.78 is 39.8. The Kier molecular flexibility index (Phi) is 4.79. The number of carbonyl (C=O) groups is 1. The molecule has 0 bridgehead atoms. The number of aromatic amines is 1. The minimum absolute atomic E-state index is 0.184. The molecule has 0 atom stereocenters. The van der Waals surface area contributed by atoms with Crippen LogP contribution >= 0.6 is 11.6 Å². The molecule has 0 spiro atoms. The molecule has 1 fully saturated rings. The Morgan fingerprint density at radius 2 is 1.89 bits per heavy atom. The van der Waals surface area contributed by atoms with E-state index in [9.17, 15) is 18.0 Å². The number of nitrogens with zero attached hydrogens (tertiary/aromatic N) is 2. The number of H-pyrrole nitrogens is 1. The van der Waals surface area contributed by atoms with Crippen molar-refractivity contribution in [2.24, 2.45) is 0 Å². The molecule has 1 aliphatic heterocycles. The summed E-state index contributed by atoms with van der Waals surface area (Å²) in [6, 6.07) is 9.06. The zero-order valence-corrected chi connectivity index (χ0v) is 15.5. The first-order valence-electron chi connectivity index (χ1n) is 8.92. The second-order valence-corrected chi connectivity index (χ2v) is 7.36. The number of hydrogen-bond acceptors (Lipinski definition) is 2. The van der Waals surface area contributed by atoms with Crippen LogP contribution in [0.1, 0.15) is 40.4 Å². The van der Waals surface area contributed by atoms with Crippen molar-refractivity contribution in [3.63, 3.8) is 0 Å². The zero-order chi connectivity index (χ0) is 19.9. The van der Waals surface area contributed by atoms with Gasteiger partial charge >= 0.3 is 6.18 Å². The minimum atomic E-state index is -4.37. The number of rotatable bonds is 2. The molecule has 1 amide bonds. The van der Waals surface area contributed by atoms with Crippen molar-refractivity contribution in [2.45, 2.75) is 24.9 Å². The van der Waals surface area contributed by atoms with Gasteiger partial charge in [-0.2, -0.15) is 13.2 Å². The van der Waals surface area contributed by atoms with Gasteiger partial charge in [0.25, 0.3) is 5.91 Å². The molecule has 0 saturated carbocycles. The predicted molar refractivity (Wildman–Crippen MR) is 100 cm³/mol. The Labute approximate surface area is 164 Å². The number of alkyl halides is 3. The third-order valence-corrected chi connectivity index (χ3v) is 5.36. The predicted octanol–water partition coefficient (Wildman–Crippen LogP) is 5.25. The molecule has 4 nitrogen and oxygen atoms in total. The van der Waals surface area contributed by atoms with E-state index in [-0.39, 0.29) is 11.8 Å². The van der Waals surface area contributed by atoms with Gasteiger partial charge in [-0.25, -0.2) is 0 Å². The molecule has 0 radical (unpaired) electrons. The Morgan fingerprint density at radius 1 is 1.18 bits per heavy atom. The topological polar surface area (TPSA) is 49.0 Å². The van der Waals surface area contributed by atoms with E-state index in [1.54, 1.807) is 23.1 Å². The number of hydrogen-bond donors (Lipinski definition) is 1. The minimum Gasteiger partial charge on any atom is -0.349 e. The van der Waals surface area contributed by atoms with E-state index in [0.29, 0.717) is 53.2 Å². The lowest BCUT2D eigenvalue weighted by Gasteiger charge is -2.33. The van der Waals surface area contributed by atoms with E-state index in [1.165, 1.54) is 18.3 Å². The smallest absolute Gasteiger partial charge is 0.349 e. The molecular formula is C20H17ClF3N3O. The first-order valence-corrected chi connectivity index (χ1v) is 9.30. The highest BCUT2D eigenvalue weighted by molar-refractivity contribution is 6.31. The maximum atomic E-state index is 13.3. The maximum Gasteiger partial charge on any atom is 0.416 e. The molecule has 4 rings (SSSR count). The number of fused-ring (bicyclic) bond motifs is 1. The highest BCUT2D eigenvalue weighted by Crippen LogP contribution is 2.38. The van der Waals surface area contributed by atoms with Gasteiger partial charge in [0.15, 0.2) is 0 Å². The van der Waals surface area contributed by atoms with E-state index in [0.717, 1.165) is 6.07 Å². The lowest BCUT2D eigenvalue weighted by molar-refractivity contribution is -0.138. The van der Waals surface area contributed by atoms with Crippen LogP contribution in [0.4, 0.5) is 13.2 Å². The third kappa shape index (κ3) is 3.58. The molecule has 1 aromatic carbocycles. The highest BCUT2D eigenvalue weighted by atomic mass is 35.5. The van der Waals surface area contributed by atoms with Crippen molar-refractivity contribution in [2.75, 3.05) is 13.1 Å². The fraction of sp³-hybridized carbons (Fsp3) is 0.300. The van der Waals surface area contributed by atoms with Crippen molar-refractivity contribution >= 4 is 28.5 Å².